The van der Waals surface area contributed by atoms with Crippen LogP contribution < -0.4 is 0 Å². The summed E-state index contributed by atoms with van der Waals surface area (Å²) in [4.78, 5) is 12.1. The topological polar surface area (TPSA) is 37.3 Å². The summed E-state index contributed by atoms with van der Waals surface area (Å²) in [6, 6.07) is 7.46. The van der Waals surface area contributed by atoms with Gasteiger partial charge in [0.15, 0.2) is 5.78 Å². The molecule has 0 saturated heterocycles. The average molecular weight is 210 g/mol. The standard InChI is InChI=1S/C11H14O2S/c1-8(12)7-14-11-5-3-4-10(6-11)9(2)13/h3-6,8,12H,7H2,1-2H3. The minimum absolute atomic E-state index is 0.0736. The molecule has 0 aliphatic rings. The van der Waals surface area contributed by atoms with Crippen molar-refractivity contribution in [3.8, 4) is 0 Å². The molecule has 76 valence electrons. The molecule has 0 bridgehead atoms. The largest absolute Gasteiger partial charge is 0.393 e. The Morgan fingerprint density at radius 1 is 1.57 bits per heavy atom. The molecule has 1 aromatic carbocycles. The molecular formula is C11H14O2S. The Morgan fingerprint density at radius 2 is 2.29 bits per heavy atom. The predicted molar refractivity (Wildman–Crippen MR) is 58.9 cm³/mol. The van der Waals surface area contributed by atoms with E-state index in [0.717, 1.165) is 10.5 Å². The van der Waals surface area contributed by atoms with Crippen LogP contribution in [0.3, 0.4) is 0 Å². The van der Waals surface area contributed by atoms with E-state index in [4.69, 9.17) is 5.11 Å². The molecular weight excluding hydrogens is 196 g/mol. The molecule has 1 unspecified atom stereocenters. The van der Waals surface area contributed by atoms with Gasteiger partial charge in [-0.3, -0.25) is 4.79 Å². The van der Waals surface area contributed by atoms with Gasteiger partial charge in [0.05, 0.1) is 6.10 Å². The molecule has 0 amide bonds. The van der Waals surface area contributed by atoms with Crippen molar-refractivity contribution in [1.29, 1.82) is 0 Å². The van der Waals surface area contributed by atoms with Crippen LogP contribution in [-0.4, -0.2) is 22.7 Å². The number of rotatable bonds is 4. The van der Waals surface area contributed by atoms with Gasteiger partial charge in [-0.2, -0.15) is 0 Å². The first-order valence-corrected chi connectivity index (χ1v) is 5.50. The Kier molecular flexibility index (Phi) is 4.17. The van der Waals surface area contributed by atoms with E-state index in [2.05, 4.69) is 0 Å². The summed E-state index contributed by atoms with van der Waals surface area (Å²) in [6.07, 6.45) is -0.319. The highest BCUT2D eigenvalue weighted by atomic mass is 32.2. The molecule has 0 heterocycles. The van der Waals surface area contributed by atoms with Gasteiger partial charge in [0, 0.05) is 16.2 Å². The van der Waals surface area contributed by atoms with Crippen LogP contribution in [0.25, 0.3) is 0 Å². The molecule has 3 heteroatoms. The molecule has 0 spiro atoms. The Balaban J connectivity index is 2.69. The fraction of sp³-hybridized carbons (Fsp3) is 0.364. The number of aliphatic hydroxyl groups is 1. The van der Waals surface area contributed by atoms with Crippen molar-refractivity contribution in [1.82, 2.24) is 0 Å². The molecule has 14 heavy (non-hydrogen) atoms. The van der Waals surface area contributed by atoms with Crippen molar-refractivity contribution in [3.05, 3.63) is 29.8 Å². The molecule has 1 aromatic rings. The van der Waals surface area contributed by atoms with Crippen molar-refractivity contribution in [2.45, 2.75) is 24.8 Å². The van der Waals surface area contributed by atoms with Crippen molar-refractivity contribution >= 4 is 17.5 Å². The number of aliphatic hydroxyl groups excluding tert-OH is 1. The summed E-state index contributed by atoms with van der Waals surface area (Å²) in [5.41, 5.74) is 0.723. The zero-order valence-electron chi connectivity index (χ0n) is 8.36. The second-order valence-electron chi connectivity index (χ2n) is 3.24. The summed E-state index contributed by atoms with van der Waals surface area (Å²) in [5.74, 6) is 0.728. The Labute approximate surface area is 88.3 Å². The van der Waals surface area contributed by atoms with E-state index in [1.807, 2.05) is 18.2 Å². The number of thioether (sulfide) groups is 1. The van der Waals surface area contributed by atoms with E-state index in [0.29, 0.717) is 5.75 Å². The maximum Gasteiger partial charge on any atom is 0.159 e. The highest BCUT2D eigenvalue weighted by Crippen LogP contribution is 2.20. The van der Waals surface area contributed by atoms with Crippen LogP contribution >= 0.6 is 11.8 Å². The van der Waals surface area contributed by atoms with E-state index in [-0.39, 0.29) is 11.9 Å². The minimum atomic E-state index is -0.319. The average Bonchev–Trinajstić information content (AvgIpc) is 2.15. The zero-order valence-corrected chi connectivity index (χ0v) is 9.17. The summed E-state index contributed by atoms with van der Waals surface area (Å²) in [6.45, 7) is 3.31. The van der Waals surface area contributed by atoms with Gasteiger partial charge in [0.2, 0.25) is 0 Å². The number of ketones is 1. The lowest BCUT2D eigenvalue weighted by atomic mass is 10.2. The normalized spacial score (nSPS) is 12.5. The van der Waals surface area contributed by atoms with Crippen LogP contribution in [-0.2, 0) is 0 Å². The fourth-order valence-corrected chi connectivity index (χ4v) is 1.84. The van der Waals surface area contributed by atoms with Gasteiger partial charge in [0.25, 0.3) is 0 Å². The molecule has 0 aliphatic carbocycles. The van der Waals surface area contributed by atoms with E-state index in [1.165, 1.54) is 0 Å². The Hall–Kier alpha value is -0.800. The van der Waals surface area contributed by atoms with Gasteiger partial charge in [-0.25, -0.2) is 0 Å². The SMILES string of the molecule is CC(=O)c1cccc(SCC(C)O)c1. The van der Waals surface area contributed by atoms with Crippen molar-refractivity contribution in [2.75, 3.05) is 5.75 Å². The number of hydrogen-bond donors (Lipinski definition) is 1. The van der Waals surface area contributed by atoms with Crippen LogP contribution in [0, 0.1) is 0 Å². The lowest BCUT2D eigenvalue weighted by Gasteiger charge is -2.04. The molecule has 1 atom stereocenters. The maximum atomic E-state index is 11.1. The summed E-state index contributed by atoms with van der Waals surface area (Å²) < 4.78 is 0. The van der Waals surface area contributed by atoms with Crippen molar-refractivity contribution in [3.63, 3.8) is 0 Å². The van der Waals surface area contributed by atoms with Gasteiger partial charge in [0.1, 0.15) is 0 Å². The summed E-state index contributed by atoms with van der Waals surface area (Å²) in [7, 11) is 0. The predicted octanol–water partition coefficient (Wildman–Crippen LogP) is 2.36. The second-order valence-corrected chi connectivity index (χ2v) is 4.34. The Bertz CT molecular complexity index is 321. The third-order valence-corrected chi connectivity index (χ3v) is 2.97. The number of carbonyl (C=O) groups is 1. The van der Waals surface area contributed by atoms with Gasteiger partial charge in [-0.1, -0.05) is 12.1 Å². The Morgan fingerprint density at radius 3 is 2.86 bits per heavy atom. The van der Waals surface area contributed by atoms with E-state index in [1.54, 1.807) is 31.7 Å². The first-order valence-electron chi connectivity index (χ1n) is 4.51. The van der Waals surface area contributed by atoms with Gasteiger partial charge >= 0.3 is 0 Å². The zero-order chi connectivity index (χ0) is 10.6. The molecule has 0 saturated carbocycles. The minimum Gasteiger partial charge on any atom is -0.393 e. The quantitative estimate of drug-likeness (QED) is 0.612. The number of hydrogen-bond acceptors (Lipinski definition) is 3. The highest BCUT2D eigenvalue weighted by Gasteiger charge is 2.02. The first-order chi connectivity index (χ1) is 6.59. The fourth-order valence-electron chi connectivity index (χ4n) is 1.02. The molecule has 0 radical (unpaired) electrons. The molecule has 0 aliphatic heterocycles. The second kappa shape index (κ2) is 5.17. The molecule has 1 N–H and O–H groups in total. The van der Waals surface area contributed by atoms with Gasteiger partial charge < -0.3 is 5.11 Å². The van der Waals surface area contributed by atoms with Crippen molar-refractivity contribution in [2.24, 2.45) is 0 Å². The number of benzene rings is 1. The van der Waals surface area contributed by atoms with Crippen LogP contribution in [0.4, 0.5) is 0 Å². The lowest BCUT2D eigenvalue weighted by Crippen LogP contribution is -2.02. The first kappa shape index (κ1) is 11.3. The summed E-state index contributed by atoms with van der Waals surface area (Å²) >= 11 is 1.56. The maximum absolute atomic E-state index is 11.1. The number of carbonyl (C=O) groups excluding carboxylic acids is 1. The smallest absolute Gasteiger partial charge is 0.159 e. The van der Waals surface area contributed by atoms with Crippen LogP contribution in [0.2, 0.25) is 0 Å². The monoisotopic (exact) mass is 210 g/mol. The van der Waals surface area contributed by atoms with E-state index >= 15 is 0 Å². The van der Waals surface area contributed by atoms with Gasteiger partial charge in [-0.05, 0) is 26.0 Å². The van der Waals surface area contributed by atoms with E-state index in [9.17, 15) is 4.79 Å². The molecule has 1 rings (SSSR count). The molecule has 0 fully saturated rings. The van der Waals surface area contributed by atoms with Crippen molar-refractivity contribution < 1.29 is 9.90 Å². The molecule has 2 nitrogen and oxygen atoms in total. The van der Waals surface area contributed by atoms with E-state index < -0.39 is 0 Å². The number of Topliss-reactive ketones (excluding diaryl/α,β-unsaturated/α-hetero) is 1. The molecule has 0 aromatic heterocycles. The third-order valence-electron chi connectivity index (χ3n) is 1.73. The van der Waals surface area contributed by atoms with Crippen LogP contribution in [0.15, 0.2) is 29.2 Å². The third kappa shape index (κ3) is 3.52. The highest BCUT2D eigenvalue weighted by molar-refractivity contribution is 7.99. The summed E-state index contributed by atoms with van der Waals surface area (Å²) in [5, 5.41) is 9.10. The van der Waals surface area contributed by atoms with Gasteiger partial charge in [-0.15, -0.1) is 11.8 Å². The van der Waals surface area contributed by atoms with Crippen LogP contribution in [0.5, 0.6) is 0 Å². The lowest BCUT2D eigenvalue weighted by molar-refractivity contribution is 0.101. The van der Waals surface area contributed by atoms with Crippen LogP contribution in [0.1, 0.15) is 24.2 Å².